The highest BCUT2D eigenvalue weighted by atomic mass is 79.9. The average molecular weight is 364 g/mol. The SMILES string of the molecule is CN(C)c1ccc([N+](=O)[O-])cc1C(=O)Nc1cccc(Br)c1. The Morgan fingerprint density at radius 3 is 2.55 bits per heavy atom. The van der Waals surface area contributed by atoms with Crippen LogP contribution in [0.5, 0.6) is 0 Å². The highest BCUT2D eigenvalue weighted by Gasteiger charge is 2.18. The third-order valence-electron chi connectivity index (χ3n) is 3.00. The van der Waals surface area contributed by atoms with E-state index in [2.05, 4.69) is 21.2 Å². The number of anilines is 2. The lowest BCUT2D eigenvalue weighted by atomic mass is 10.1. The van der Waals surface area contributed by atoms with Crippen molar-refractivity contribution >= 4 is 38.9 Å². The summed E-state index contributed by atoms with van der Waals surface area (Å²) in [4.78, 5) is 24.6. The lowest BCUT2D eigenvalue weighted by Gasteiger charge is -2.17. The number of halogens is 1. The number of amides is 1. The molecule has 7 heteroatoms. The molecule has 0 unspecified atom stereocenters. The number of carbonyl (C=O) groups is 1. The zero-order chi connectivity index (χ0) is 16.3. The predicted octanol–water partition coefficient (Wildman–Crippen LogP) is 3.68. The van der Waals surface area contributed by atoms with Gasteiger partial charge in [-0.25, -0.2) is 0 Å². The molecule has 1 amide bonds. The fourth-order valence-corrected chi connectivity index (χ4v) is 2.37. The summed E-state index contributed by atoms with van der Waals surface area (Å²) in [5, 5.41) is 13.7. The number of nitrogens with zero attached hydrogens (tertiary/aromatic N) is 2. The van der Waals surface area contributed by atoms with Gasteiger partial charge in [0.05, 0.1) is 10.5 Å². The first kappa shape index (κ1) is 16.0. The van der Waals surface area contributed by atoms with Crippen molar-refractivity contribution in [1.82, 2.24) is 0 Å². The molecule has 0 bridgehead atoms. The van der Waals surface area contributed by atoms with Crippen molar-refractivity contribution in [3.63, 3.8) is 0 Å². The van der Waals surface area contributed by atoms with Gasteiger partial charge in [0.2, 0.25) is 0 Å². The lowest BCUT2D eigenvalue weighted by molar-refractivity contribution is -0.384. The Kier molecular flexibility index (Phi) is 4.77. The van der Waals surface area contributed by atoms with E-state index in [1.807, 2.05) is 6.07 Å². The topological polar surface area (TPSA) is 75.5 Å². The number of nitro groups is 1. The van der Waals surface area contributed by atoms with Crippen LogP contribution in [-0.2, 0) is 0 Å². The monoisotopic (exact) mass is 363 g/mol. The number of non-ortho nitro benzene ring substituents is 1. The Morgan fingerprint density at radius 2 is 1.95 bits per heavy atom. The van der Waals surface area contributed by atoms with E-state index in [0.717, 1.165) is 4.47 Å². The molecule has 0 aliphatic heterocycles. The van der Waals surface area contributed by atoms with Crippen molar-refractivity contribution in [2.75, 3.05) is 24.3 Å². The van der Waals surface area contributed by atoms with Gasteiger partial charge >= 0.3 is 0 Å². The zero-order valence-corrected chi connectivity index (χ0v) is 13.6. The van der Waals surface area contributed by atoms with E-state index >= 15 is 0 Å². The normalized spacial score (nSPS) is 10.1. The number of carbonyl (C=O) groups excluding carboxylic acids is 1. The largest absolute Gasteiger partial charge is 0.377 e. The Bertz CT molecular complexity index is 732. The second-order valence-corrected chi connectivity index (χ2v) is 5.73. The van der Waals surface area contributed by atoms with Gasteiger partial charge in [0.1, 0.15) is 0 Å². The Labute approximate surface area is 136 Å². The third-order valence-corrected chi connectivity index (χ3v) is 3.49. The van der Waals surface area contributed by atoms with Crippen LogP contribution >= 0.6 is 15.9 Å². The minimum absolute atomic E-state index is 0.120. The number of rotatable bonds is 4. The van der Waals surface area contributed by atoms with Crippen molar-refractivity contribution in [3.05, 3.63) is 62.6 Å². The van der Waals surface area contributed by atoms with E-state index in [0.29, 0.717) is 11.4 Å². The quantitative estimate of drug-likeness (QED) is 0.663. The van der Waals surface area contributed by atoms with E-state index in [4.69, 9.17) is 0 Å². The highest BCUT2D eigenvalue weighted by Crippen LogP contribution is 2.25. The van der Waals surface area contributed by atoms with Gasteiger partial charge in [-0.2, -0.15) is 0 Å². The molecule has 0 aliphatic carbocycles. The van der Waals surface area contributed by atoms with Crippen LogP contribution in [0.25, 0.3) is 0 Å². The van der Waals surface area contributed by atoms with Gasteiger partial charge in [-0.3, -0.25) is 14.9 Å². The van der Waals surface area contributed by atoms with Crippen molar-refractivity contribution in [2.24, 2.45) is 0 Å². The molecule has 114 valence electrons. The molecular formula is C15H14BrN3O3. The van der Waals surface area contributed by atoms with Gasteiger partial charge in [-0.05, 0) is 24.3 Å². The molecule has 2 aromatic rings. The Balaban J connectivity index is 2.38. The first-order valence-corrected chi connectivity index (χ1v) is 7.20. The van der Waals surface area contributed by atoms with Gasteiger partial charge in [0.25, 0.3) is 11.6 Å². The van der Waals surface area contributed by atoms with Gasteiger partial charge in [0, 0.05) is 42.1 Å². The number of benzene rings is 2. The van der Waals surface area contributed by atoms with Crippen LogP contribution in [0.2, 0.25) is 0 Å². The number of nitrogens with one attached hydrogen (secondary N) is 1. The van der Waals surface area contributed by atoms with Crippen LogP contribution in [0, 0.1) is 10.1 Å². The molecule has 2 rings (SSSR count). The second kappa shape index (κ2) is 6.57. The summed E-state index contributed by atoms with van der Waals surface area (Å²) in [6, 6.07) is 11.4. The maximum atomic E-state index is 12.4. The molecule has 1 N–H and O–H groups in total. The Hall–Kier alpha value is -2.41. The molecule has 0 spiro atoms. The third kappa shape index (κ3) is 3.62. The van der Waals surface area contributed by atoms with Crippen molar-refractivity contribution in [3.8, 4) is 0 Å². The summed E-state index contributed by atoms with van der Waals surface area (Å²) in [7, 11) is 3.55. The molecule has 0 atom stereocenters. The molecule has 0 fully saturated rings. The van der Waals surface area contributed by atoms with Crippen molar-refractivity contribution in [1.29, 1.82) is 0 Å². The summed E-state index contributed by atoms with van der Waals surface area (Å²) in [5.41, 5.74) is 1.35. The average Bonchev–Trinajstić information content (AvgIpc) is 2.46. The summed E-state index contributed by atoms with van der Waals surface area (Å²) >= 11 is 3.33. The van der Waals surface area contributed by atoms with Crippen LogP contribution in [0.15, 0.2) is 46.9 Å². The smallest absolute Gasteiger partial charge is 0.270 e. The molecule has 2 aromatic carbocycles. The summed E-state index contributed by atoms with van der Waals surface area (Å²) < 4.78 is 0.831. The van der Waals surface area contributed by atoms with Crippen molar-refractivity contribution < 1.29 is 9.72 Å². The minimum atomic E-state index is -0.519. The first-order chi connectivity index (χ1) is 10.4. The second-order valence-electron chi connectivity index (χ2n) is 4.82. The summed E-state index contributed by atoms with van der Waals surface area (Å²) in [6.07, 6.45) is 0. The molecule has 6 nitrogen and oxygen atoms in total. The zero-order valence-electron chi connectivity index (χ0n) is 12.0. The lowest BCUT2D eigenvalue weighted by Crippen LogP contribution is -2.18. The first-order valence-electron chi connectivity index (χ1n) is 6.41. The standard InChI is InChI=1S/C15H14BrN3O3/c1-18(2)14-7-6-12(19(21)22)9-13(14)15(20)17-11-5-3-4-10(16)8-11/h3-9H,1-2H3,(H,17,20). The van der Waals surface area contributed by atoms with E-state index in [1.165, 1.54) is 12.1 Å². The fourth-order valence-electron chi connectivity index (χ4n) is 1.97. The van der Waals surface area contributed by atoms with Crippen LogP contribution < -0.4 is 10.2 Å². The molecule has 0 aliphatic rings. The van der Waals surface area contributed by atoms with E-state index in [1.54, 1.807) is 43.3 Å². The van der Waals surface area contributed by atoms with Crippen molar-refractivity contribution in [2.45, 2.75) is 0 Å². The van der Waals surface area contributed by atoms with Gasteiger partial charge < -0.3 is 10.2 Å². The number of hydrogen-bond acceptors (Lipinski definition) is 4. The minimum Gasteiger partial charge on any atom is -0.377 e. The maximum Gasteiger partial charge on any atom is 0.270 e. The number of nitro benzene ring substituents is 1. The maximum absolute atomic E-state index is 12.4. The van der Waals surface area contributed by atoms with E-state index in [-0.39, 0.29) is 11.3 Å². The van der Waals surface area contributed by atoms with Crippen LogP contribution in [0.1, 0.15) is 10.4 Å². The molecule has 0 saturated carbocycles. The fraction of sp³-hybridized carbons (Fsp3) is 0.133. The number of hydrogen-bond donors (Lipinski definition) is 1. The van der Waals surface area contributed by atoms with Gasteiger partial charge in [-0.15, -0.1) is 0 Å². The van der Waals surface area contributed by atoms with Gasteiger partial charge in [0.15, 0.2) is 0 Å². The van der Waals surface area contributed by atoms with Crippen LogP contribution in [0.3, 0.4) is 0 Å². The molecule has 22 heavy (non-hydrogen) atoms. The highest BCUT2D eigenvalue weighted by molar-refractivity contribution is 9.10. The molecule has 0 aromatic heterocycles. The predicted molar refractivity (Wildman–Crippen MR) is 89.5 cm³/mol. The molecule has 0 heterocycles. The van der Waals surface area contributed by atoms with Crippen LogP contribution in [-0.4, -0.2) is 24.9 Å². The molecular weight excluding hydrogens is 350 g/mol. The summed E-state index contributed by atoms with van der Waals surface area (Å²) in [6.45, 7) is 0. The molecule has 0 radical (unpaired) electrons. The summed E-state index contributed by atoms with van der Waals surface area (Å²) in [5.74, 6) is -0.398. The molecule has 0 saturated heterocycles. The van der Waals surface area contributed by atoms with E-state index < -0.39 is 10.8 Å². The Morgan fingerprint density at radius 1 is 1.23 bits per heavy atom. The van der Waals surface area contributed by atoms with Crippen LogP contribution in [0.4, 0.5) is 17.1 Å². The van der Waals surface area contributed by atoms with Gasteiger partial charge in [-0.1, -0.05) is 22.0 Å². The van der Waals surface area contributed by atoms with E-state index in [9.17, 15) is 14.9 Å².